The predicted molar refractivity (Wildman–Crippen MR) is 81.8 cm³/mol. The van der Waals surface area contributed by atoms with Crippen molar-refractivity contribution in [3.05, 3.63) is 0 Å². The maximum Gasteiger partial charge on any atom is 0.311 e. The number of carbonyl (C=O) groups excluding carboxylic acids is 2. The molecule has 0 atom stereocenters. The van der Waals surface area contributed by atoms with Crippen molar-refractivity contribution >= 4 is 11.9 Å². The smallest absolute Gasteiger partial charge is 0.311 e. The lowest BCUT2D eigenvalue weighted by molar-refractivity contribution is -0.162. The first-order valence-electron chi connectivity index (χ1n) is 8.24. The third-order valence-corrected chi connectivity index (χ3v) is 4.68. The lowest BCUT2D eigenvalue weighted by atomic mass is 9.91. The van der Waals surface area contributed by atoms with Crippen LogP contribution in [0.1, 0.15) is 79.1 Å². The van der Waals surface area contributed by atoms with Crippen LogP contribution in [0.15, 0.2) is 0 Å². The highest BCUT2D eigenvalue weighted by Crippen LogP contribution is 2.36. The molecule has 0 N–H and O–H groups in total. The molecule has 0 unspecified atom stereocenters. The summed E-state index contributed by atoms with van der Waals surface area (Å²) in [5, 5.41) is 0. The van der Waals surface area contributed by atoms with Crippen molar-refractivity contribution in [1.29, 1.82) is 0 Å². The molecule has 122 valence electrons. The van der Waals surface area contributed by atoms with E-state index in [0.717, 1.165) is 38.5 Å². The molecular weight excluding hydrogens is 268 g/mol. The van der Waals surface area contributed by atoms with Gasteiger partial charge in [0.15, 0.2) is 0 Å². The molecule has 1 aliphatic carbocycles. The summed E-state index contributed by atoms with van der Waals surface area (Å²) in [6.45, 7) is 8.07. The largest absolute Gasteiger partial charge is 0.465 e. The van der Waals surface area contributed by atoms with Gasteiger partial charge in [0.05, 0.1) is 12.0 Å². The molecule has 0 amide bonds. The van der Waals surface area contributed by atoms with Gasteiger partial charge in [-0.05, 0) is 58.8 Å². The third-order valence-electron chi connectivity index (χ3n) is 4.68. The summed E-state index contributed by atoms with van der Waals surface area (Å²) in [7, 11) is 0. The highest BCUT2D eigenvalue weighted by Gasteiger charge is 2.35. The monoisotopic (exact) mass is 298 g/mol. The Kier molecular flexibility index (Phi) is 6.69. The second-order valence-electron chi connectivity index (χ2n) is 6.69. The molecule has 0 aromatic rings. The van der Waals surface area contributed by atoms with E-state index in [1.807, 2.05) is 20.8 Å². The molecule has 0 spiro atoms. The zero-order chi connectivity index (χ0) is 15.9. The molecule has 21 heavy (non-hydrogen) atoms. The van der Waals surface area contributed by atoms with Gasteiger partial charge in [0, 0.05) is 6.42 Å². The van der Waals surface area contributed by atoms with Gasteiger partial charge >= 0.3 is 11.9 Å². The normalized spacial score (nSPS) is 17.5. The molecule has 0 aromatic carbocycles. The summed E-state index contributed by atoms with van der Waals surface area (Å²) in [6.07, 6.45) is 6.73. The van der Waals surface area contributed by atoms with E-state index in [2.05, 4.69) is 6.92 Å². The Morgan fingerprint density at radius 3 is 2.29 bits per heavy atom. The summed E-state index contributed by atoms with van der Waals surface area (Å²) < 4.78 is 10.9. The molecule has 4 nitrogen and oxygen atoms in total. The standard InChI is InChI=1S/C17H30O4/c1-5-16(3,4)15(19)20-13-9-10-14(18)21-17(6-2)11-7-8-12-17/h5-13H2,1-4H3. The van der Waals surface area contributed by atoms with E-state index in [0.29, 0.717) is 12.8 Å². The lowest BCUT2D eigenvalue weighted by Gasteiger charge is -2.27. The van der Waals surface area contributed by atoms with Crippen LogP contribution in [0.5, 0.6) is 0 Å². The Balaban J connectivity index is 2.24. The number of carbonyl (C=O) groups is 2. The van der Waals surface area contributed by atoms with Gasteiger partial charge in [-0.25, -0.2) is 0 Å². The highest BCUT2D eigenvalue weighted by molar-refractivity contribution is 5.75. The summed E-state index contributed by atoms with van der Waals surface area (Å²) in [5.41, 5.74) is -0.672. The fourth-order valence-corrected chi connectivity index (χ4v) is 2.56. The first kappa shape index (κ1) is 18.0. The van der Waals surface area contributed by atoms with Crippen molar-refractivity contribution in [2.45, 2.75) is 84.7 Å². The van der Waals surface area contributed by atoms with E-state index in [1.165, 1.54) is 0 Å². The molecule has 4 heteroatoms. The molecule has 0 radical (unpaired) electrons. The molecule has 1 rings (SSSR count). The molecule has 0 saturated heterocycles. The van der Waals surface area contributed by atoms with E-state index < -0.39 is 5.41 Å². The third kappa shape index (κ3) is 5.33. The fraction of sp³-hybridized carbons (Fsp3) is 0.882. The van der Waals surface area contributed by atoms with E-state index >= 15 is 0 Å². The van der Waals surface area contributed by atoms with Crippen LogP contribution in [-0.2, 0) is 19.1 Å². The van der Waals surface area contributed by atoms with Crippen LogP contribution in [-0.4, -0.2) is 24.1 Å². The van der Waals surface area contributed by atoms with Crippen molar-refractivity contribution < 1.29 is 19.1 Å². The fourth-order valence-electron chi connectivity index (χ4n) is 2.56. The van der Waals surface area contributed by atoms with Gasteiger partial charge < -0.3 is 9.47 Å². The maximum atomic E-state index is 11.9. The Morgan fingerprint density at radius 1 is 1.14 bits per heavy atom. The summed E-state index contributed by atoms with van der Waals surface area (Å²) >= 11 is 0. The van der Waals surface area contributed by atoms with Crippen LogP contribution in [0.2, 0.25) is 0 Å². The molecule has 0 aliphatic heterocycles. The lowest BCUT2D eigenvalue weighted by Crippen LogP contribution is -2.31. The first-order valence-corrected chi connectivity index (χ1v) is 8.24. The Bertz CT molecular complexity index is 354. The summed E-state index contributed by atoms with van der Waals surface area (Å²) in [4.78, 5) is 23.7. The van der Waals surface area contributed by atoms with Gasteiger partial charge in [0.25, 0.3) is 0 Å². The van der Waals surface area contributed by atoms with Crippen molar-refractivity contribution in [2.75, 3.05) is 6.61 Å². The zero-order valence-electron chi connectivity index (χ0n) is 14.0. The number of hydrogen-bond acceptors (Lipinski definition) is 4. The highest BCUT2D eigenvalue weighted by atomic mass is 16.6. The van der Waals surface area contributed by atoms with Crippen molar-refractivity contribution in [1.82, 2.24) is 0 Å². The minimum Gasteiger partial charge on any atom is -0.465 e. The van der Waals surface area contributed by atoms with E-state index in [1.54, 1.807) is 0 Å². The molecule has 1 aliphatic rings. The van der Waals surface area contributed by atoms with Crippen LogP contribution >= 0.6 is 0 Å². The molecule has 1 fully saturated rings. The Labute approximate surface area is 128 Å². The second kappa shape index (κ2) is 7.81. The van der Waals surface area contributed by atoms with E-state index in [9.17, 15) is 9.59 Å². The van der Waals surface area contributed by atoms with Crippen molar-refractivity contribution in [3.63, 3.8) is 0 Å². The number of rotatable bonds is 8. The number of ether oxygens (including phenoxy) is 2. The van der Waals surface area contributed by atoms with Crippen LogP contribution in [0.4, 0.5) is 0 Å². The average Bonchev–Trinajstić information content (AvgIpc) is 2.92. The first-order chi connectivity index (χ1) is 9.85. The number of hydrogen-bond donors (Lipinski definition) is 0. The summed E-state index contributed by atoms with van der Waals surface area (Å²) in [6, 6.07) is 0. The molecule has 1 saturated carbocycles. The van der Waals surface area contributed by atoms with E-state index in [-0.39, 0.29) is 24.1 Å². The molecule has 0 aromatic heterocycles. The minimum absolute atomic E-state index is 0.162. The quantitative estimate of drug-likeness (QED) is 0.502. The molecular formula is C17H30O4. The predicted octanol–water partition coefficient (Wildman–Crippen LogP) is 4.01. The van der Waals surface area contributed by atoms with E-state index in [4.69, 9.17) is 9.47 Å². The Morgan fingerprint density at radius 2 is 1.76 bits per heavy atom. The van der Waals surface area contributed by atoms with Gasteiger partial charge in [-0.1, -0.05) is 13.8 Å². The van der Waals surface area contributed by atoms with Crippen molar-refractivity contribution in [3.8, 4) is 0 Å². The molecule has 0 bridgehead atoms. The minimum atomic E-state index is -0.448. The topological polar surface area (TPSA) is 52.6 Å². The van der Waals surface area contributed by atoms with Crippen molar-refractivity contribution in [2.24, 2.45) is 5.41 Å². The zero-order valence-corrected chi connectivity index (χ0v) is 14.0. The van der Waals surface area contributed by atoms with Gasteiger partial charge in [0.2, 0.25) is 0 Å². The van der Waals surface area contributed by atoms with Gasteiger partial charge in [-0.15, -0.1) is 0 Å². The molecule has 0 heterocycles. The van der Waals surface area contributed by atoms with Crippen LogP contribution in [0.3, 0.4) is 0 Å². The van der Waals surface area contributed by atoms with Crippen LogP contribution in [0.25, 0.3) is 0 Å². The summed E-state index contributed by atoms with van der Waals surface area (Å²) in [5.74, 6) is -0.358. The van der Waals surface area contributed by atoms with Gasteiger partial charge in [0.1, 0.15) is 5.60 Å². The van der Waals surface area contributed by atoms with Gasteiger partial charge in [-0.3, -0.25) is 9.59 Å². The maximum absolute atomic E-state index is 11.9. The second-order valence-corrected chi connectivity index (χ2v) is 6.69. The van der Waals surface area contributed by atoms with Crippen LogP contribution in [0, 0.1) is 5.41 Å². The van der Waals surface area contributed by atoms with Crippen LogP contribution < -0.4 is 0 Å². The SMILES string of the molecule is CCC1(OC(=O)CCCOC(=O)C(C)(C)CC)CCCC1. The van der Waals surface area contributed by atoms with Gasteiger partial charge in [-0.2, -0.15) is 0 Å². The number of esters is 2. The Hall–Kier alpha value is -1.06. The average molecular weight is 298 g/mol.